The van der Waals surface area contributed by atoms with E-state index in [1.165, 1.54) is 6.08 Å². The maximum Gasteiger partial charge on any atom is 0.330 e. The number of hydrogen-bond donors (Lipinski definition) is 1. The van der Waals surface area contributed by atoms with Crippen LogP contribution in [0.15, 0.2) is 65.2 Å². The quantitative estimate of drug-likeness (QED) is 0.462. The maximum atomic E-state index is 12.2. The predicted molar refractivity (Wildman–Crippen MR) is 109 cm³/mol. The summed E-state index contributed by atoms with van der Waals surface area (Å²) in [6, 6.07) is 16.6. The molecule has 0 fully saturated rings. The molecule has 0 saturated carbocycles. The number of nitrogens with one attached hydrogen (secondary N) is 1. The molecule has 29 heavy (non-hydrogen) atoms. The van der Waals surface area contributed by atoms with Crippen LogP contribution >= 0.6 is 0 Å². The highest BCUT2D eigenvalue weighted by Gasteiger charge is 2.10. The zero-order valence-electron chi connectivity index (χ0n) is 16.0. The topological polar surface area (TPSA) is 94.3 Å². The van der Waals surface area contributed by atoms with Crippen LogP contribution in [-0.2, 0) is 20.7 Å². The fourth-order valence-corrected chi connectivity index (χ4v) is 2.54. The van der Waals surface area contributed by atoms with Crippen molar-refractivity contribution in [3.8, 4) is 11.4 Å². The molecule has 0 spiro atoms. The second-order valence-corrected chi connectivity index (χ2v) is 6.13. The molecule has 0 atom stereocenters. The third-order valence-corrected chi connectivity index (χ3v) is 3.96. The maximum absolute atomic E-state index is 12.2. The zero-order valence-corrected chi connectivity index (χ0v) is 16.0. The molecule has 0 unspecified atom stereocenters. The minimum atomic E-state index is -0.388. The molecular weight excluding hydrogens is 370 g/mol. The summed E-state index contributed by atoms with van der Waals surface area (Å²) in [5.74, 6) is 0.381. The first-order chi connectivity index (χ1) is 14.1. The van der Waals surface area contributed by atoms with E-state index < -0.39 is 0 Å². The van der Waals surface area contributed by atoms with Gasteiger partial charge in [0.05, 0.1) is 6.61 Å². The van der Waals surface area contributed by atoms with Crippen LogP contribution in [0.4, 0.5) is 5.69 Å². The Morgan fingerprint density at radius 3 is 2.59 bits per heavy atom. The average Bonchev–Trinajstić information content (AvgIpc) is 3.22. The van der Waals surface area contributed by atoms with Crippen molar-refractivity contribution in [2.24, 2.45) is 0 Å². The molecule has 0 bridgehead atoms. The fraction of sp³-hybridized carbons (Fsp3) is 0.182. The number of esters is 1. The van der Waals surface area contributed by atoms with Gasteiger partial charge >= 0.3 is 5.97 Å². The van der Waals surface area contributed by atoms with Crippen LogP contribution in [0.3, 0.4) is 0 Å². The van der Waals surface area contributed by atoms with Crippen LogP contribution in [0.5, 0.6) is 0 Å². The molecule has 1 amide bonds. The molecule has 1 aromatic heterocycles. The van der Waals surface area contributed by atoms with Gasteiger partial charge in [-0.25, -0.2) is 4.79 Å². The van der Waals surface area contributed by atoms with Crippen molar-refractivity contribution >= 4 is 23.6 Å². The van der Waals surface area contributed by atoms with E-state index >= 15 is 0 Å². The third-order valence-electron chi connectivity index (χ3n) is 3.96. The van der Waals surface area contributed by atoms with Gasteiger partial charge in [0.1, 0.15) is 0 Å². The molecule has 0 aliphatic rings. The minimum Gasteiger partial charge on any atom is -0.463 e. The summed E-state index contributed by atoms with van der Waals surface area (Å²) in [6.07, 6.45) is 3.60. The van der Waals surface area contributed by atoms with E-state index in [9.17, 15) is 9.59 Å². The normalized spacial score (nSPS) is 10.8. The molecule has 1 heterocycles. The second-order valence-electron chi connectivity index (χ2n) is 6.13. The summed E-state index contributed by atoms with van der Waals surface area (Å²) in [6.45, 7) is 2.09. The van der Waals surface area contributed by atoms with Crippen molar-refractivity contribution in [2.45, 2.75) is 19.8 Å². The lowest BCUT2D eigenvalue weighted by Gasteiger charge is -2.04. The summed E-state index contributed by atoms with van der Waals surface area (Å²) in [7, 11) is 0. The van der Waals surface area contributed by atoms with Gasteiger partial charge in [-0.1, -0.05) is 47.6 Å². The van der Waals surface area contributed by atoms with Gasteiger partial charge < -0.3 is 14.6 Å². The molecule has 3 aromatic rings. The largest absolute Gasteiger partial charge is 0.463 e. The Hall–Kier alpha value is -3.74. The van der Waals surface area contributed by atoms with Crippen molar-refractivity contribution in [2.75, 3.05) is 11.9 Å². The van der Waals surface area contributed by atoms with Gasteiger partial charge in [-0.3, -0.25) is 4.79 Å². The third kappa shape index (κ3) is 6.14. The fourth-order valence-electron chi connectivity index (χ4n) is 2.54. The Balaban J connectivity index is 1.48. The highest BCUT2D eigenvalue weighted by molar-refractivity contribution is 5.91. The molecule has 7 nitrogen and oxygen atoms in total. The Morgan fingerprint density at radius 1 is 1.10 bits per heavy atom. The van der Waals surface area contributed by atoms with Crippen LogP contribution in [0, 0.1) is 0 Å². The number of amides is 1. The lowest BCUT2D eigenvalue weighted by Crippen LogP contribution is -2.12. The Labute approximate surface area is 168 Å². The number of nitrogens with zero attached hydrogens (tertiary/aromatic N) is 2. The van der Waals surface area contributed by atoms with Crippen LogP contribution in [0.2, 0.25) is 0 Å². The van der Waals surface area contributed by atoms with Crippen molar-refractivity contribution in [1.29, 1.82) is 0 Å². The number of aryl methyl sites for hydroxylation is 1. The molecule has 0 aliphatic heterocycles. The number of carbonyl (C=O) groups is 2. The van der Waals surface area contributed by atoms with E-state index in [2.05, 4.69) is 15.5 Å². The highest BCUT2D eigenvalue weighted by Crippen LogP contribution is 2.16. The van der Waals surface area contributed by atoms with Crippen molar-refractivity contribution in [3.05, 3.63) is 72.1 Å². The first kappa shape index (κ1) is 20.0. The minimum absolute atomic E-state index is 0.153. The molecule has 3 rings (SSSR count). The van der Waals surface area contributed by atoms with Crippen LogP contribution < -0.4 is 5.32 Å². The number of benzene rings is 2. The summed E-state index contributed by atoms with van der Waals surface area (Å²) in [5, 5.41) is 6.76. The van der Waals surface area contributed by atoms with E-state index in [-0.39, 0.29) is 18.3 Å². The SMILES string of the molecule is CCOC(=O)/C=C/c1ccc(NC(=O)CCc2nc(-c3ccccc3)no2)cc1. The monoisotopic (exact) mass is 391 g/mol. The molecule has 1 N–H and O–H groups in total. The van der Waals surface area contributed by atoms with Crippen LogP contribution in [0.1, 0.15) is 24.8 Å². The van der Waals surface area contributed by atoms with E-state index in [1.807, 2.05) is 30.3 Å². The summed E-state index contributed by atoms with van der Waals surface area (Å²) in [4.78, 5) is 27.8. The van der Waals surface area contributed by atoms with E-state index in [0.29, 0.717) is 30.4 Å². The van der Waals surface area contributed by atoms with Gasteiger partial charge in [0, 0.05) is 30.2 Å². The zero-order chi connectivity index (χ0) is 20.5. The van der Waals surface area contributed by atoms with Gasteiger partial charge in [0.15, 0.2) is 0 Å². The van der Waals surface area contributed by atoms with E-state index in [4.69, 9.17) is 9.26 Å². The van der Waals surface area contributed by atoms with Crippen LogP contribution in [0.25, 0.3) is 17.5 Å². The van der Waals surface area contributed by atoms with Crippen molar-refractivity contribution in [3.63, 3.8) is 0 Å². The standard InChI is InChI=1S/C22H21N3O4/c1-2-28-21(27)15-10-16-8-11-18(12-9-16)23-19(26)13-14-20-24-22(25-29-20)17-6-4-3-5-7-17/h3-12,15H,2,13-14H2,1H3,(H,23,26)/b15-10+. The number of aromatic nitrogens is 2. The van der Waals surface area contributed by atoms with E-state index in [1.54, 1.807) is 37.3 Å². The van der Waals surface area contributed by atoms with E-state index in [0.717, 1.165) is 11.1 Å². The second kappa shape index (κ2) is 9.98. The lowest BCUT2D eigenvalue weighted by atomic mass is 10.2. The molecule has 148 valence electrons. The number of rotatable bonds is 8. The Kier molecular flexibility index (Phi) is 6.89. The smallest absolute Gasteiger partial charge is 0.330 e. The van der Waals surface area contributed by atoms with Gasteiger partial charge in [-0.05, 0) is 30.7 Å². The Morgan fingerprint density at radius 2 is 1.86 bits per heavy atom. The summed E-state index contributed by atoms with van der Waals surface area (Å²) < 4.78 is 10.0. The average molecular weight is 391 g/mol. The molecule has 2 aromatic carbocycles. The molecule has 0 radical (unpaired) electrons. The van der Waals surface area contributed by atoms with Crippen LogP contribution in [-0.4, -0.2) is 28.6 Å². The molecule has 0 aliphatic carbocycles. The molecular formula is C22H21N3O4. The first-order valence-electron chi connectivity index (χ1n) is 9.27. The van der Waals surface area contributed by atoms with Gasteiger partial charge in [-0.2, -0.15) is 4.98 Å². The highest BCUT2D eigenvalue weighted by atomic mass is 16.5. The molecule has 0 saturated heterocycles. The number of anilines is 1. The Bertz CT molecular complexity index is 979. The number of ether oxygens (including phenoxy) is 1. The number of hydrogen-bond acceptors (Lipinski definition) is 6. The lowest BCUT2D eigenvalue weighted by molar-refractivity contribution is -0.137. The first-order valence-corrected chi connectivity index (χ1v) is 9.27. The van der Waals surface area contributed by atoms with Crippen molar-refractivity contribution < 1.29 is 18.8 Å². The van der Waals surface area contributed by atoms with Gasteiger partial charge in [0.2, 0.25) is 17.6 Å². The number of carbonyl (C=O) groups excluding carboxylic acids is 2. The molecule has 7 heteroatoms. The summed E-state index contributed by atoms with van der Waals surface area (Å²) in [5.41, 5.74) is 2.36. The van der Waals surface area contributed by atoms with Gasteiger partial charge in [-0.15, -0.1) is 0 Å². The van der Waals surface area contributed by atoms with Gasteiger partial charge in [0.25, 0.3) is 0 Å². The summed E-state index contributed by atoms with van der Waals surface area (Å²) >= 11 is 0. The predicted octanol–water partition coefficient (Wildman–Crippen LogP) is 3.88. The van der Waals surface area contributed by atoms with Crippen molar-refractivity contribution in [1.82, 2.24) is 10.1 Å².